The number of H-pyrrole nitrogens is 1. The van der Waals surface area contributed by atoms with Gasteiger partial charge in [0.15, 0.2) is 5.82 Å². The largest absolute Gasteiger partial charge is 0.388 e. The summed E-state index contributed by atoms with van der Waals surface area (Å²) < 4.78 is 47.5. The Labute approximate surface area is 544 Å². The minimum atomic E-state index is -4.36. The number of aliphatic hydroxyl groups is 1. The molecule has 81 heavy (non-hydrogen) atoms. The van der Waals surface area contributed by atoms with Gasteiger partial charge in [0.1, 0.15) is 11.6 Å². The van der Waals surface area contributed by atoms with Crippen molar-refractivity contribution in [1.82, 2.24) is 34.7 Å². The third kappa shape index (κ3) is 27.2. The number of alkyl halides is 3. The predicted molar refractivity (Wildman–Crippen MR) is 313 cm³/mol. The molecule has 0 saturated heterocycles. The number of hydrogen-bond donors (Lipinski definition) is 2. The van der Waals surface area contributed by atoms with Crippen LogP contribution in [0.4, 0.5) is 13.2 Å². The maximum absolute atomic E-state index is 12.5. The molecule has 0 aliphatic rings. The fraction of sp³-hybridized carbons (Fsp3) is 0.524. The first-order valence-electron chi connectivity index (χ1n) is 27.2. The molecule has 0 aliphatic heterocycles. The monoisotopic (exact) mass is 1780 g/mol. The zero-order valence-electron chi connectivity index (χ0n) is 50.2. The van der Waals surface area contributed by atoms with E-state index in [0.29, 0.717) is 37.6 Å². The Morgan fingerprint density at radius 2 is 1.42 bits per heavy atom. The van der Waals surface area contributed by atoms with Crippen LogP contribution in [0.5, 0.6) is 0 Å². The minimum absolute atomic E-state index is 0. The van der Waals surface area contributed by atoms with Crippen LogP contribution in [0.15, 0.2) is 89.5 Å². The Morgan fingerprint density at radius 1 is 0.765 bits per heavy atom. The molecule has 4 unspecified atom stereocenters. The molecule has 7 rings (SSSR count). The number of hydrogen-bond acceptors (Lipinski definition) is 9. The molecule has 0 saturated carbocycles. The van der Waals surface area contributed by atoms with Crippen LogP contribution < -0.4 is 5.30 Å². The van der Waals surface area contributed by atoms with Gasteiger partial charge in [0.05, 0.1) is 16.4 Å². The van der Waals surface area contributed by atoms with E-state index in [2.05, 4.69) is 192 Å². The van der Waals surface area contributed by atoms with Crippen molar-refractivity contribution in [1.29, 1.82) is 0 Å². The maximum atomic E-state index is 12.5. The Morgan fingerprint density at radius 3 is 1.98 bits per heavy atom. The van der Waals surface area contributed by atoms with Gasteiger partial charge in [-0.05, 0) is 80.5 Å². The van der Waals surface area contributed by atoms with E-state index in [-0.39, 0.29) is 104 Å². The van der Waals surface area contributed by atoms with E-state index in [0.717, 1.165) is 83.8 Å². The van der Waals surface area contributed by atoms with Gasteiger partial charge in [-0.2, -0.15) is 57.5 Å². The van der Waals surface area contributed by atoms with Gasteiger partial charge in [-0.1, -0.05) is 165 Å². The van der Waals surface area contributed by atoms with E-state index in [9.17, 15) is 18.3 Å². The summed E-state index contributed by atoms with van der Waals surface area (Å²) in [5.74, 6) is 5.54. The van der Waals surface area contributed by atoms with Crippen molar-refractivity contribution in [3.05, 3.63) is 149 Å². The van der Waals surface area contributed by atoms with Crippen molar-refractivity contribution in [2.75, 3.05) is 0 Å². The van der Waals surface area contributed by atoms with Gasteiger partial charge < -0.3 is 14.6 Å². The molecule has 18 heteroatoms. The summed E-state index contributed by atoms with van der Waals surface area (Å²) in [4.78, 5) is 12.4. The molecule has 2 radical (unpaired) electrons. The average Bonchev–Trinajstić information content (AvgIpc) is 4.17. The van der Waals surface area contributed by atoms with Crippen LogP contribution >= 0.6 is 20.1 Å². The standard InChI is InChI=1S/C18H25N2S.C16H23N2OP.C15H17F3N3.C14H21O.2Ir.Pd.Pt/c1-5-14(4)15-9-7-10-16(12-15)18-19-17(20-21-18)11-6-8-13(2)3;1-5-9-12(2)14-17-15(18-19-14)16(3,4)20-13-10-7-6-8-11-13;1-9(14(2,3)4)12-19-13(21-20-12)10-5-7-11(8-6-10)15(16,17)18;1-13(2,3)10-11-7-6-8-12(9-11)14(4,5)15;;;;/h7,9,12-14H,5-6,8,11H2,1-4H3;6-8,10-12,20H,5,9H2,1-4H3;5,7-9H,1-4H3,(H,19,20,21);6-7,9,15H,10H2,1-5H3;;;;/q-1;;2*-1;;;;. The molecule has 0 bridgehead atoms. The molecule has 4 atom stereocenters. The zero-order valence-corrected chi connectivity index (χ0v) is 60.7. The molecule has 0 aliphatic carbocycles. The molecule has 0 spiro atoms. The van der Waals surface area contributed by atoms with E-state index in [4.69, 9.17) is 4.52 Å². The van der Waals surface area contributed by atoms with Crippen molar-refractivity contribution < 1.29 is 104 Å². The SMILES string of the molecule is CC(C)(C)Cc1cc[c-]c(C(C)(C)O)c1.CC(c1nnc(-c2[c-]cc(C(F)(F)F)cc2)[nH]1)C(C)(C)C.CCC(C)c1cc[c-]c(-c2nc(CCCC(C)C)ns2)c1.CCCC(C)c1nc(C(C)(C)Pc2ccccc2)no1.[Ir].[Ir].[Pd].[Pt]. The summed E-state index contributed by atoms with van der Waals surface area (Å²) in [6.45, 7) is 36.2. The molecule has 2 N–H and O–H groups in total. The molecule has 4 aromatic carbocycles. The number of benzene rings is 4. The summed E-state index contributed by atoms with van der Waals surface area (Å²) in [7, 11) is 0.631. The Hall–Kier alpha value is -2.45. The van der Waals surface area contributed by atoms with Crippen molar-refractivity contribution in [3.63, 3.8) is 0 Å². The fourth-order valence-corrected chi connectivity index (χ4v) is 9.79. The van der Waals surface area contributed by atoms with Crippen LogP contribution in [-0.4, -0.2) is 39.8 Å². The number of nitrogens with zero attached hydrogens (tertiary/aromatic N) is 6. The fourth-order valence-electron chi connectivity index (χ4n) is 7.81. The molecular weight excluding hydrogens is 1690 g/mol. The molecule has 0 amide bonds. The Kier molecular flexibility index (Phi) is 34.8. The molecule has 3 heterocycles. The summed E-state index contributed by atoms with van der Waals surface area (Å²) >= 11 is 1.50. The average molecular weight is 1780 g/mol. The second-order valence-corrected chi connectivity index (χ2v) is 26.8. The van der Waals surface area contributed by atoms with Gasteiger partial charge in [0.25, 0.3) is 0 Å². The van der Waals surface area contributed by atoms with Crippen LogP contribution in [0.2, 0.25) is 0 Å². The molecule has 9 nitrogen and oxygen atoms in total. The molecule has 3 aromatic heterocycles. The number of aryl methyl sites for hydroxylation is 1. The first-order valence-corrected chi connectivity index (χ1v) is 28.9. The van der Waals surface area contributed by atoms with Crippen LogP contribution in [0.1, 0.15) is 213 Å². The predicted octanol–water partition coefficient (Wildman–Crippen LogP) is 17.4. The van der Waals surface area contributed by atoms with Gasteiger partial charge in [-0.3, -0.25) is 4.98 Å². The van der Waals surface area contributed by atoms with Gasteiger partial charge in [-0.15, -0.1) is 75.9 Å². The quantitative estimate of drug-likeness (QED) is 0.0524. The Bertz CT molecular complexity index is 2830. The topological polar surface area (TPSA) is 126 Å². The van der Waals surface area contributed by atoms with Crippen LogP contribution in [0, 0.1) is 34.9 Å². The maximum Gasteiger partial charge on any atom is 0.381 e. The molecule has 7 aromatic rings. The second-order valence-electron chi connectivity index (χ2n) is 24.0. The van der Waals surface area contributed by atoms with E-state index in [1.165, 1.54) is 46.9 Å². The van der Waals surface area contributed by atoms with Gasteiger partial charge in [-0.25, -0.2) is 0 Å². The molecule has 0 fully saturated rings. The summed E-state index contributed by atoms with van der Waals surface area (Å²) in [6, 6.07) is 35.1. The van der Waals surface area contributed by atoms with Gasteiger partial charge in [0, 0.05) is 105 Å². The third-order valence-electron chi connectivity index (χ3n) is 13.1. The van der Waals surface area contributed by atoms with Crippen molar-refractivity contribution >= 4 is 25.4 Å². The van der Waals surface area contributed by atoms with Crippen LogP contribution in [0.3, 0.4) is 0 Å². The first-order chi connectivity index (χ1) is 35.9. The summed E-state index contributed by atoms with van der Waals surface area (Å²) in [5, 5.41) is 24.4. The van der Waals surface area contributed by atoms with Crippen LogP contribution in [0.25, 0.3) is 22.0 Å². The molecular formula is C63H86F3Ir2N7O2PPdPtS-3. The van der Waals surface area contributed by atoms with Crippen molar-refractivity contribution in [2.45, 2.75) is 197 Å². The molecule has 458 valence electrons. The van der Waals surface area contributed by atoms with E-state index in [1.54, 1.807) is 13.8 Å². The van der Waals surface area contributed by atoms with Crippen molar-refractivity contribution in [2.24, 2.45) is 16.7 Å². The van der Waals surface area contributed by atoms with Gasteiger partial charge in [0.2, 0.25) is 5.89 Å². The number of rotatable bonds is 17. The zero-order chi connectivity index (χ0) is 57.4. The number of halogens is 3. The smallest absolute Gasteiger partial charge is 0.381 e. The number of nitrogens with one attached hydrogen (secondary N) is 1. The number of aromatic nitrogens is 7. The summed E-state index contributed by atoms with van der Waals surface area (Å²) in [5.41, 5.74) is 3.80. The van der Waals surface area contributed by atoms with E-state index >= 15 is 0 Å². The summed E-state index contributed by atoms with van der Waals surface area (Å²) in [6.07, 6.45) is 3.43. The van der Waals surface area contributed by atoms with Crippen LogP contribution in [-0.2, 0) is 111 Å². The first kappa shape index (κ1) is 78.5. The second kappa shape index (κ2) is 35.9. The third-order valence-corrected chi connectivity index (χ3v) is 15.4. The Balaban J connectivity index is 0.00000104. The van der Waals surface area contributed by atoms with Gasteiger partial charge >= 0.3 is 6.18 Å². The van der Waals surface area contributed by atoms with E-state index < -0.39 is 17.3 Å². The van der Waals surface area contributed by atoms with Crippen molar-refractivity contribution in [3.8, 4) is 22.0 Å². The van der Waals surface area contributed by atoms with E-state index in [1.807, 2.05) is 31.2 Å². The minimum Gasteiger partial charge on any atom is -0.388 e. The number of aromatic amines is 1. The normalized spacial score (nSPS) is 12.9.